The van der Waals surface area contributed by atoms with Gasteiger partial charge in [0, 0.05) is 36.6 Å². The summed E-state index contributed by atoms with van der Waals surface area (Å²) in [7, 11) is -3.70. The van der Waals surface area contributed by atoms with Crippen molar-refractivity contribution in [1.29, 1.82) is 0 Å². The molecule has 1 heterocycles. The molecule has 1 amide bonds. The van der Waals surface area contributed by atoms with Crippen LogP contribution in [0.5, 0.6) is 0 Å². The van der Waals surface area contributed by atoms with E-state index < -0.39 is 15.8 Å². The molecule has 3 rings (SSSR count). The zero-order valence-corrected chi connectivity index (χ0v) is 15.7. The lowest BCUT2D eigenvalue weighted by Crippen LogP contribution is -2.51. The predicted octanol–water partition coefficient (Wildman–Crippen LogP) is 2.61. The Balaban J connectivity index is 1.68. The smallest absolute Gasteiger partial charge is 0.244 e. The standard InChI is InChI=1S/C16H20BrFN2O3S/c17-14-11-13(18)5-6-15(14)24(22,23)20-9-7-19(8-10-20)16(21)12-3-1-2-4-12/h5-6,11-12H,1-4,7-10H2. The highest BCUT2D eigenvalue weighted by molar-refractivity contribution is 9.10. The van der Waals surface area contributed by atoms with Crippen LogP contribution >= 0.6 is 15.9 Å². The first-order chi connectivity index (χ1) is 11.4. The molecule has 2 fully saturated rings. The molecule has 0 atom stereocenters. The molecule has 1 aliphatic heterocycles. The topological polar surface area (TPSA) is 57.7 Å². The molecule has 1 aromatic carbocycles. The molecule has 0 unspecified atom stereocenters. The van der Waals surface area contributed by atoms with Crippen molar-refractivity contribution in [2.75, 3.05) is 26.2 Å². The number of rotatable bonds is 3. The molecule has 0 aromatic heterocycles. The monoisotopic (exact) mass is 418 g/mol. The quantitative estimate of drug-likeness (QED) is 0.757. The van der Waals surface area contributed by atoms with E-state index in [1.165, 1.54) is 10.4 Å². The molecule has 132 valence electrons. The Kier molecular flexibility index (Phi) is 5.27. The van der Waals surface area contributed by atoms with Gasteiger partial charge in [0.05, 0.1) is 4.90 Å². The van der Waals surface area contributed by atoms with Crippen molar-refractivity contribution in [3.05, 3.63) is 28.5 Å². The Morgan fingerprint density at radius 3 is 2.33 bits per heavy atom. The molecule has 0 spiro atoms. The number of carbonyl (C=O) groups excluding carboxylic acids is 1. The lowest BCUT2D eigenvalue weighted by molar-refractivity contribution is -0.136. The van der Waals surface area contributed by atoms with Crippen molar-refractivity contribution in [1.82, 2.24) is 9.21 Å². The fraction of sp³-hybridized carbons (Fsp3) is 0.562. The van der Waals surface area contributed by atoms with Crippen molar-refractivity contribution in [2.24, 2.45) is 5.92 Å². The first kappa shape index (κ1) is 17.8. The number of halogens is 2. The van der Waals surface area contributed by atoms with Gasteiger partial charge in [-0.2, -0.15) is 4.31 Å². The van der Waals surface area contributed by atoms with Crippen LogP contribution in [0.1, 0.15) is 25.7 Å². The minimum absolute atomic E-state index is 0.0551. The molecule has 0 N–H and O–H groups in total. The van der Waals surface area contributed by atoms with Gasteiger partial charge in [0.2, 0.25) is 15.9 Å². The van der Waals surface area contributed by atoms with Crippen LogP contribution in [0.25, 0.3) is 0 Å². The molecule has 1 aromatic rings. The second-order valence-corrected chi connectivity index (χ2v) is 9.05. The number of sulfonamides is 1. The van der Waals surface area contributed by atoms with Gasteiger partial charge >= 0.3 is 0 Å². The maximum absolute atomic E-state index is 13.2. The number of amides is 1. The van der Waals surface area contributed by atoms with Crippen LogP contribution in [-0.2, 0) is 14.8 Å². The number of piperazine rings is 1. The number of carbonyl (C=O) groups is 1. The summed E-state index contributed by atoms with van der Waals surface area (Å²) in [6, 6.07) is 3.55. The summed E-state index contributed by atoms with van der Waals surface area (Å²) in [5, 5.41) is 0. The lowest BCUT2D eigenvalue weighted by atomic mass is 10.1. The van der Waals surface area contributed by atoms with Gasteiger partial charge in [0.1, 0.15) is 5.82 Å². The molecule has 1 saturated heterocycles. The average Bonchev–Trinajstić information content (AvgIpc) is 3.08. The van der Waals surface area contributed by atoms with E-state index in [0.717, 1.165) is 37.8 Å². The van der Waals surface area contributed by atoms with Gasteiger partial charge in [-0.05, 0) is 47.0 Å². The Bertz CT molecular complexity index is 727. The molecular weight excluding hydrogens is 399 g/mol. The fourth-order valence-corrected chi connectivity index (χ4v) is 5.84. The van der Waals surface area contributed by atoms with Crippen molar-refractivity contribution in [3.8, 4) is 0 Å². The maximum atomic E-state index is 13.2. The van der Waals surface area contributed by atoms with Gasteiger partial charge in [0.25, 0.3) is 0 Å². The van der Waals surface area contributed by atoms with Crippen molar-refractivity contribution in [3.63, 3.8) is 0 Å². The van der Waals surface area contributed by atoms with Crippen molar-refractivity contribution in [2.45, 2.75) is 30.6 Å². The van der Waals surface area contributed by atoms with Crippen LogP contribution in [0.2, 0.25) is 0 Å². The van der Waals surface area contributed by atoms with E-state index in [-0.39, 0.29) is 34.3 Å². The molecule has 8 heteroatoms. The molecule has 24 heavy (non-hydrogen) atoms. The van der Waals surface area contributed by atoms with E-state index in [0.29, 0.717) is 13.1 Å². The van der Waals surface area contributed by atoms with Gasteiger partial charge < -0.3 is 4.90 Å². The normalized spacial score (nSPS) is 20.5. The second kappa shape index (κ2) is 7.09. The van der Waals surface area contributed by atoms with E-state index >= 15 is 0 Å². The summed E-state index contributed by atoms with van der Waals surface area (Å²) in [5.41, 5.74) is 0. The van der Waals surface area contributed by atoms with Crippen LogP contribution in [0, 0.1) is 11.7 Å². The van der Waals surface area contributed by atoms with E-state index in [2.05, 4.69) is 15.9 Å². The summed E-state index contributed by atoms with van der Waals surface area (Å²) in [4.78, 5) is 14.3. The summed E-state index contributed by atoms with van der Waals surface area (Å²) >= 11 is 3.12. The van der Waals surface area contributed by atoms with Gasteiger partial charge in [-0.15, -0.1) is 0 Å². The zero-order valence-electron chi connectivity index (χ0n) is 13.2. The van der Waals surface area contributed by atoms with Gasteiger partial charge in [-0.25, -0.2) is 12.8 Å². The third kappa shape index (κ3) is 3.50. The third-order valence-corrected chi connectivity index (χ3v) is 7.64. The maximum Gasteiger partial charge on any atom is 0.244 e. The van der Waals surface area contributed by atoms with Crippen molar-refractivity contribution >= 4 is 31.9 Å². The summed E-state index contributed by atoms with van der Waals surface area (Å²) in [6.45, 7) is 1.36. The molecular formula is C16H20BrFN2O3S. The average molecular weight is 419 g/mol. The van der Waals surface area contributed by atoms with E-state index in [4.69, 9.17) is 0 Å². The van der Waals surface area contributed by atoms with Gasteiger partial charge in [-0.3, -0.25) is 4.79 Å². The Hall–Kier alpha value is -0.990. The van der Waals surface area contributed by atoms with E-state index in [1.54, 1.807) is 4.90 Å². The zero-order chi connectivity index (χ0) is 17.3. The summed E-state index contributed by atoms with van der Waals surface area (Å²) < 4.78 is 40.2. The molecule has 0 bridgehead atoms. The third-order valence-electron chi connectivity index (χ3n) is 4.77. The molecule has 2 aliphatic rings. The van der Waals surface area contributed by atoms with Crippen LogP contribution < -0.4 is 0 Å². The Morgan fingerprint density at radius 2 is 1.75 bits per heavy atom. The van der Waals surface area contributed by atoms with Gasteiger partial charge in [0.15, 0.2) is 0 Å². The number of nitrogens with zero attached hydrogens (tertiary/aromatic N) is 2. The van der Waals surface area contributed by atoms with E-state index in [9.17, 15) is 17.6 Å². The minimum atomic E-state index is -3.70. The fourth-order valence-electron chi connectivity index (χ4n) is 3.40. The molecule has 5 nitrogen and oxygen atoms in total. The van der Waals surface area contributed by atoms with Gasteiger partial charge in [-0.1, -0.05) is 12.8 Å². The highest BCUT2D eigenvalue weighted by Crippen LogP contribution is 2.29. The van der Waals surface area contributed by atoms with Crippen LogP contribution in [-0.4, -0.2) is 49.7 Å². The van der Waals surface area contributed by atoms with Crippen molar-refractivity contribution < 1.29 is 17.6 Å². The second-order valence-electron chi connectivity index (χ2n) is 6.29. The molecule has 1 aliphatic carbocycles. The first-order valence-electron chi connectivity index (χ1n) is 8.13. The highest BCUT2D eigenvalue weighted by Gasteiger charge is 2.34. The molecule has 1 saturated carbocycles. The lowest BCUT2D eigenvalue weighted by Gasteiger charge is -2.35. The highest BCUT2D eigenvalue weighted by atomic mass is 79.9. The van der Waals surface area contributed by atoms with Crippen LogP contribution in [0.3, 0.4) is 0 Å². The molecule has 0 radical (unpaired) electrons. The Labute approximate surface area is 150 Å². The van der Waals surface area contributed by atoms with Crippen LogP contribution in [0.4, 0.5) is 4.39 Å². The number of hydrogen-bond donors (Lipinski definition) is 0. The van der Waals surface area contributed by atoms with Crippen LogP contribution in [0.15, 0.2) is 27.6 Å². The predicted molar refractivity (Wildman–Crippen MR) is 91.4 cm³/mol. The minimum Gasteiger partial charge on any atom is -0.340 e. The first-order valence-corrected chi connectivity index (χ1v) is 10.4. The number of benzene rings is 1. The largest absolute Gasteiger partial charge is 0.340 e. The van der Waals surface area contributed by atoms with E-state index in [1.807, 2.05) is 0 Å². The number of hydrogen-bond acceptors (Lipinski definition) is 3. The summed E-state index contributed by atoms with van der Waals surface area (Å²) in [6.07, 6.45) is 4.09. The SMILES string of the molecule is O=C(C1CCCC1)N1CCN(S(=O)(=O)c2ccc(F)cc2Br)CC1. The summed E-state index contributed by atoms with van der Waals surface area (Å²) in [5.74, 6) is -0.222. The Morgan fingerprint density at radius 1 is 1.12 bits per heavy atom.